The van der Waals surface area contributed by atoms with Gasteiger partial charge in [-0.2, -0.15) is 13.2 Å². The van der Waals surface area contributed by atoms with Crippen molar-refractivity contribution in [3.05, 3.63) is 58.7 Å². The van der Waals surface area contributed by atoms with Crippen LogP contribution in [0.25, 0.3) is 10.9 Å². The summed E-state index contributed by atoms with van der Waals surface area (Å²) in [6.45, 7) is 2.09. The zero-order valence-electron chi connectivity index (χ0n) is 16.3. The summed E-state index contributed by atoms with van der Waals surface area (Å²) in [4.78, 5) is 0.755. The van der Waals surface area contributed by atoms with E-state index in [1.165, 1.54) is 12.1 Å². The number of aromatic nitrogens is 1. The summed E-state index contributed by atoms with van der Waals surface area (Å²) in [6.07, 6.45) is -7.34. The second-order valence-corrected chi connectivity index (χ2v) is 9.46. The van der Waals surface area contributed by atoms with Crippen molar-refractivity contribution in [3.8, 4) is 0 Å². The Hall–Kier alpha value is -2.37. The summed E-state index contributed by atoms with van der Waals surface area (Å²) >= 11 is 6.19. The van der Waals surface area contributed by atoms with Gasteiger partial charge in [-0.1, -0.05) is 23.7 Å². The molecule has 2 aromatic carbocycles. The largest absolute Gasteiger partial charge is 0.417 e. The summed E-state index contributed by atoms with van der Waals surface area (Å²) in [5, 5.41) is 3.14. The number of rotatable bonds is 4. The van der Waals surface area contributed by atoms with Gasteiger partial charge in [0, 0.05) is 54.0 Å². The molecular formula is C20H17ClF5N3O2S. The quantitative estimate of drug-likeness (QED) is 0.525. The van der Waals surface area contributed by atoms with E-state index < -0.39 is 38.6 Å². The van der Waals surface area contributed by atoms with E-state index in [2.05, 4.69) is 5.32 Å². The predicted octanol–water partition coefficient (Wildman–Crippen LogP) is 4.90. The summed E-state index contributed by atoms with van der Waals surface area (Å²) in [7, 11) is -4.88. The van der Waals surface area contributed by atoms with E-state index in [0.29, 0.717) is 48.1 Å². The molecule has 1 aromatic heterocycles. The lowest BCUT2D eigenvalue weighted by Crippen LogP contribution is -2.43. The normalized spacial score (nSPS) is 15.7. The van der Waals surface area contributed by atoms with Crippen LogP contribution in [0.1, 0.15) is 17.6 Å². The van der Waals surface area contributed by atoms with Gasteiger partial charge in [-0.3, -0.25) is 0 Å². The fraction of sp³-hybridized carbons (Fsp3) is 0.300. The summed E-state index contributed by atoms with van der Waals surface area (Å²) < 4.78 is 95.5. The van der Waals surface area contributed by atoms with Gasteiger partial charge in [0.1, 0.15) is 4.90 Å². The highest BCUT2D eigenvalue weighted by Gasteiger charge is 2.38. The lowest BCUT2D eigenvalue weighted by Gasteiger charge is -2.30. The van der Waals surface area contributed by atoms with Gasteiger partial charge in [0.25, 0.3) is 16.4 Å². The average molecular weight is 494 g/mol. The Morgan fingerprint density at radius 3 is 2.34 bits per heavy atom. The van der Waals surface area contributed by atoms with Crippen molar-refractivity contribution in [2.45, 2.75) is 17.5 Å². The van der Waals surface area contributed by atoms with Crippen LogP contribution in [-0.2, 0) is 16.2 Å². The molecule has 1 saturated heterocycles. The highest BCUT2D eigenvalue weighted by molar-refractivity contribution is 7.90. The topological polar surface area (TPSA) is 54.3 Å². The number of benzene rings is 2. The Morgan fingerprint density at radius 1 is 1.06 bits per heavy atom. The molecule has 0 saturated carbocycles. The van der Waals surface area contributed by atoms with E-state index in [1.807, 2.05) is 0 Å². The Kier molecular flexibility index (Phi) is 5.84. The van der Waals surface area contributed by atoms with Crippen molar-refractivity contribution < 1.29 is 30.4 Å². The van der Waals surface area contributed by atoms with Crippen LogP contribution in [0.5, 0.6) is 0 Å². The molecule has 0 atom stereocenters. The van der Waals surface area contributed by atoms with Crippen molar-refractivity contribution in [2.75, 3.05) is 31.1 Å². The number of halogens is 6. The van der Waals surface area contributed by atoms with Crippen LogP contribution in [-0.4, -0.2) is 38.6 Å². The first-order valence-electron chi connectivity index (χ1n) is 9.52. The zero-order chi connectivity index (χ0) is 23.3. The number of hydrogen-bond acceptors (Lipinski definition) is 4. The first kappa shape index (κ1) is 22.8. The molecule has 0 amide bonds. The van der Waals surface area contributed by atoms with Crippen LogP contribution in [0, 0.1) is 0 Å². The van der Waals surface area contributed by atoms with Gasteiger partial charge in [0.05, 0.1) is 11.1 Å². The van der Waals surface area contributed by atoms with Gasteiger partial charge in [0.2, 0.25) is 0 Å². The van der Waals surface area contributed by atoms with Gasteiger partial charge < -0.3 is 10.2 Å². The molecule has 1 fully saturated rings. The third-order valence-electron chi connectivity index (χ3n) is 5.27. The standard InChI is InChI=1S/C20H17ClF5N3O2S/c21-12-9-15(28-7-5-27-6-8-28)18-13(19(22)23)11-29(16(18)10-12)32(30,31)17-4-2-1-3-14(17)20(24,25)26/h1-4,9-11,19,27H,5-8H2. The minimum Gasteiger partial charge on any atom is -0.368 e. The highest BCUT2D eigenvalue weighted by atomic mass is 35.5. The molecule has 12 heteroatoms. The molecule has 1 aliphatic rings. The van der Waals surface area contributed by atoms with Gasteiger partial charge in [-0.05, 0) is 24.3 Å². The third-order valence-corrected chi connectivity index (χ3v) is 7.22. The lowest BCUT2D eigenvalue weighted by molar-refractivity contribution is -0.139. The molecule has 2 heterocycles. The second-order valence-electron chi connectivity index (χ2n) is 7.24. The Bertz CT molecular complexity index is 1270. The molecule has 3 aromatic rings. The van der Waals surface area contributed by atoms with Crippen molar-refractivity contribution >= 4 is 38.2 Å². The van der Waals surface area contributed by atoms with E-state index in [-0.39, 0.29) is 15.9 Å². The van der Waals surface area contributed by atoms with E-state index in [0.717, 1.165) is 18.2 Å². The van der Waals surface area contributed by atoms with E-state index in [4.69, 9.17) is 11.6 Å². The summed E-state index contributed by atoms with van der Waals surface area (Å²) in [5.74, 6) is 0. The van der Waals surface area contributed by atoms with Crippen molar-refractivity contribution in [2.24, 2.45) is 0 Å². The predicted molar refractivity (Wildman–Crippen MR) is 111 cm³/mol. The Balaban J connectivity index is 2.02. The van der Waals surface area contributed by atoms with Crippen LogP contribution in [0.4, 0.5) is 27.6 Å². The molecule has 0 bridgehead atoms. The minimum absolute atomic E-state index is 0.0561. The average Bonchev–Trinajstić information content (AvgIpc) is 3.13. The first-order valence-corrected chi connectivity index (χ1v) is 11.3. The summed E-state index contributed by atoms with van der Waals surface area (Å²) in [5.41, 5.74) is -1.89. The maximum absolute atomic E-state index is 14.0. The molecule has 172 valence electrons. The molecule has 5 nitrogen and oxygen atoms in total. The van der Waals surface area contributed by atoms with Crippen LogP contribution >= 0.6 is 11.6 Å². The third kappa shape index (κ3) is 3.93. The fourth-order valence-corrected chi connectivity index (χ4v) is 5.65. The fourth-order valence-electron chi connectivity index (χ4n) is 3.86. The number of nitrogens with one attached hydrogen (secondary N) is 1. The number of alkyl halides is 5. The molecular weight excluding hydrogens is 477 g/mol. The smallest absolute Gasteiger partial charge is 0.368 e. The zero-order valence-corrected chi connectivity index (χ0v) is 17.9. The van der Waals surface area contributed by atoms with Crippen molar-refractivity contribution in [1.29, 1.82) is 0 Å². The van der Waals surface area contributed by atoms with Crippen molar-refractivity contribution in [1.82, 2.24) is 9.29 Å². The van der Waals surface area contributed by atoms with E-state index >= 15 is 0 Å². The van der Waals surface area contributed by atoms with E-state index in [9.17, 15) is 30.4 Å². The number of fused-ring (bicyclic) bond motifs is 1. The second kappa shape index (κ2) is 8.20. The molecule has 4 rings (SSSR count). The molecule has 0 spiro atoms. The lowest BCUT2D eigenvalue weighted by atomic mass is 10.1. The highest BCUT2D eigenvalue weighted by Crippen LogP contribution is 2.41. The molecule has 0 unspecified atom stereocenters. The maximum Gasteiger partial charge on any atom is 0.417 e. The molecule has 0 radical (unpaired) electrons. The van der Waals surface area contributed by atoms with Crippen LogP contribution in [0.15, 0.2) is 47.5 Å². The number of anilines is 1. The van der Waals surface area contributed by atoms with Crippen LogP contribution in [0.2, 0.25) is 5.02 Å². The molecule has 1 aliphatic heterocycles. The Morgan fingerprint density at radius 2 is 1.72 bits per heavy atom. The molecule has 0 aliphatic carbocycles. The first-order chi connectivity index (χ1) is 15.0. The minimum atomic E-state index is -4.96. The molecule has 1 N–H and O–H groups in total. The van der Waals surface area contributed by atoms with Crippen molar-refractivity contribution in [3.63, 3.8) is 0 Å². The number of nitrogens with zero attached hydrogens (tertiary/aromatic N) is 2. The number of piperazine rings is 1. The van der Waals surface area contributed by atoms with Gasteiger partial charge >= 0.3 is 6.18 Å². The SMILES string of the molecule is O=S(=O)(c1ccccc1C(F)(F)F)n1cc(C(F)F)c2c(N3CCNCC3)cc(Cl)cc21. The summed E-state index contributed by atoms with van der Waals surface area (Å²) in [6, 6.07) is 6.25. The Labute approximate surface area is 185 Å². The van der Waals surface area contributed by atoms with Crippen LogP contribution < -0.4 is 10.2 Å². The maximum atomic E-state index is 14.0. The van der Waals surface area contributed by atoms with Gasteiger partial charge in [0.15, 0.2) is 0 Å². The van der Waals surface area contributed by atoms with E-state index in [1.54, 1.807) is 4.90 Å². The molecule has 32 heavy (non-hydrogen) atoms. The number of hydrogen-bond donors (Lipinski definition) is 1. The van der Waals surface area contributed by atoms with Gasteiger partial charge in [-0.15, -0.1) is 0 Å². The van der Waals surface area contributed by atoms with Gasteiger partial charge in [-0.25, -0.2) is 21.2 Å². The monoisotopic (exact) mass is 493 g/mol. The van der Waals surface area contributed by atoms with Crippen LogP contribution in [0.3, 0.4) is 0 Å².